The van der Waals surface area contributed by atoms with E-state index in [1.165, 1.54) is 12.2 Å². The molecule has 1 aromatic carbocycles. The molecule has 70 valence electrons. The standard InChI is InChI=1S/C10H7NO2S/c12-9-6-7-10(13)11(9)14-8-4-2-1-3-5-8/h1-7H. The van der Waals surface area contributed by atoms with Crippen molar-refractivity contribution in [3.05, 3.63) is 42.5 Å². The van der Waals surface area contributed by atoms with E-state index < -0.39 is 0 Å². The zero-order valence-electron chi connectivity index (χ0n) is 7.21. The minimum atomic E-state index is -0.274. The van der Waals surface area contributed by atoms with Crippen molar-refractivity contribution in [3.63, 3.8) is 0 Å². The lowest BCUT2D eigenvalue weighted by atomic mass is 10.4. The summed E-state index contributed by atoms with van der Waals surface area (Å²) in [4.78, 5) is 23.2. The molecule has 4 heteroatoms. The first-order valence-corrected chi connectivity index (χ1v) is 4.84. The van der Waals surface area contributed by atoms with Gasteiger partial charge in [-0.25, -0.2) is 4.31 Å². The predicted molar refractivity (Wildman–Crippen MR) is 53.3 cm³/mol. The van der Waals surface area contributed by atoms with Gasteiger partial charge in [0.25, 0.3) is 11.8 Å². The molecule has 1 aliphatic heterocycles. The van der Waals surface area contributed by atoms with Crippen LogP contribution in [0.5, 0.6) is 0 Å². The lowest BCUT2D eigenvalue weighted by Gasteiger charge is -2.11. The fraction of sp³-hybridized carbons (Fsp3) is 0. The van der Waals surface area contributed by atoms with Crippen molar-refractivity contribution in [2.75, 3.05) is 0 Å². The average molecular weight is 205 g/mol. The lowest BCUT2D eigenvalue weighted by molar-refractivity contribution is -0.130. The Morgan fingerprint density at radius 2 is 1.50 bits per heavy atom. The maximum absolute atomic E-state index is 11.2. The highest BCUT2D eigenvalue weighted by Crippen LogP contribution is 2.25. The number of nitrogens with zero attached hydrogens (tertiary/aromatic N) is 1. The summed E-state index contributed by atoms with van der Waals surface area (Å²) in [6.07, 6.45) is 2.55. The highest BCUT2D eigenvalue weighted by atomic mass is 32.2. The van der Waals surface area contributed by atoms with Crippen molar-refractivity contribution in [1.82, 2.24) is 4.31 Å². The third-order valence-corrected chi connectivity index (χ3v) is 2.73. The number of carbonyl (C=O) groups excluding carboxylic acids is 2. The molecule has 0 bridgehead atoms. The molecule has 0 fully saturated rings. The molecule has 0 spiro atoms. The molecule has 2 rings (SSSR count). The SMILES string of the molecule is O=C1C=CC(=O)N1Sc1ccccc1. The van der Waals surface area contributed by atoms with Crippen LogP contribution in [0.3, 0.4) is 0 Å². The number of hydrogen-bond donors (Lipinski definition) is 0. The molecule has 1 heterocycles. The van der Waals surface area contributed by atoms with Gasteiger partial charge in [0.15, 0.2) is 0 Å². The predicted octanol–water partition coefficient (Wildman–Crippen LogP) is 1.62. The number of hydrogen-bond acceptors (Lipinski definition) is 3. The van der Waals surface area contributed by atoms with Gasteiger partial charge in [-0.2, -0.15) is 0 Å². The Morgan fingerprint density at radius 3 is 2.07 bits per heavy atom. The number of amides is 2. The van der Waals surface area contributed by atoms with Crippen LogP contribution in [0, 0.1) is 0 Å². The summed E-state index contributed by atoms with van der Waals surface area (Å²) in [5.41, 5.74) is 0. The molecule has 2 amide bonds. The van der Waals surface area contributed by atoms with Crippen LogP contribution in [-0.4, -0.2) is 16.1 Å². The van der Waals surface area contributed by atoms with Crippen molar-refractivity contribution in [2.45, 2.75) is 4.90 Å². The fourth-order valence-corrected chi connectivity index (χ4v) is 1.85. The Morgan fingerprint density at radius 1 is 0.929 bits per heavy atom. The maximum atomic E-state index is 11.2. The zero-order chi connectivity index (χ0) is 9.97. The van der Waals surface area contributed by atoms with Gasteiger partial charge in [-0.1, -0.05) is 18.2 Å². The van der Waals surface area contributed by atoms with Gasteiger partial charge in [0.1, 0.15) is 0 Å². The van der Waals surface area contributed by atoms with Crippen molar-refractivity contribution < 1.29 is 9.59 Å². The molecule has 1 aliphatic rings. The molecule has 0 N–H and O–H groups in total. The van der Waals surface area contributed by atoms with Crippen LogP contribution >= 0.6 is 11.9 Å². The van der Waals surface area contributed by atoms with Gasteiger partial charge < -0.3 is 0 Å². The highest BCUT2D eigenvalue weighted by Gasteiger charge is 2.24. The van der Waals surface area contributed by atoms with Crippen molar-refractivity contribution in [3.8, 4) is 0 Å². The lowest BCUT2D eigenvalue weighted by Crippen LogP contribution is -2.21. The minimum Gasteiger partial charge on any atom is -0.268 e. The van der Waals surface area contributed by atoms with E-state index in [9.17, 15) is 9.59 Å². The summed E-state index contributed by atoms with van der Waals surface area (Å²) in [5.74, 6) is -0.548. The van der Waals surface area contributed by atoms with Crippen molar-refractivity contribution in [2.24, 2.45) is 0 Å². The van der Waals surface area contributed by atoms with Gasteiger partial charge in [0.05, 0.1) is 0 Å². The van der Waals surface area contributed by atoms with E-state index in [2.05, 4.69) is 0 Å². The van der Waals surface area contributed by atoms with Crippen LogP contribution in [0.1, 0.15) is 0 Å². The number of imide groups is 1. The second kappa shape index (κ2) is 3.67. The van der Waals surface area contributed by atoms with E-state index in [1.807, 2.05) is 30.3 Å². The van der Waals surface area contributed by atoms with E-state index in [1.54, 1.807) is 0 Å². The number of rotatable bonds is 2. The fourth-order valence-electron chi connectivity index (χ4n) is 1.06. The highest BCUT2D eigenvalue weighted by molar-refractivity contribution is 7.98. The minimum absolute atomic E-state index is 0.274. The van der Waals surface area contributed by atoms with Gasteiger partial charge in [0, 0.05) is 17.0 Å². The first-order chi connectivity index (χ1) is 6.77. The van der Waals surface area contributed by atoms with Crippen molar-refractivity contribution in [1.29, 1.82) is 0 Å². The Hall–Kier alpha value is -1.55. The summed E-state index contributed by atoms with van der Waals surface area (Å²) >= 11 is 1.14. The van der Waals surface area contributed by atoms with Gasteiger partial charge >= 0.3 is 0 Å². The largest absolute Gasteiger partial charge is 0.268 e. The normalized spacial score (nSPS) is 15.3. The smallest absolute Gasteiger partial charge is 0.264 e. The van der Waals surface area contributed by atoms with E-state index >= 15 is 0 Å². The first kappa shape index (κ1) is 9.02. The van der Waals surface area contributed by atoms with Gasteiger partial charge in [-0.3, -0.25) is 9.59 Å². The molecular weight excluding hydrogens is 198 g/mol. The Bertz CT molecular complexity index is 382. The quantitative estimate of drug-likeness (QED) is 0.544. The molecule has 0 saturated heterocycles. The maximum Gasteiger partial charge on any atom is 0.264 e. The number of carbonyl (C=O) groups is 2. The molecule has 14 heavy (non-hydrogen) atoms. The average Bonchev–Trinajstić information content (AvgIpc) is 2.51. The molecule has 0 aliphatic carbocycles. The molecule has 0 unspecified atom stereocenters. The van der Waals surface area contributed by atoms with Gasteiger partial charge in [0.2, 0.25) is 0 Å². The Labute approximate surface area is 85.5 Å². The van der Waals surface area contributed by atoms with E-state index in [4.69, 9.17) is 0 Å². The van der Waals surface area contributed by atoms with E-state index in [0.29, 0.717) is 0 Å². The molecule has 0 saturated carbocycles. The van der Waals surface area contributed by atoms with Crippen molar-refractivity contribution >= 4 is 23.8 Å². The third kappa shape index (κ3) is 1.70. The van der Waals surface area contributed by atoms with Crippen LogP contribution < -0.4 is 0 Å². The molecule has 0 atom stereocenters. The van der Waals surface area contributed by atoms with E-state index in [-0.39, 0.29) is 11.8 Å². The van der Waals surface area contributed by atoms with E-state index in [0.717, 1.165) is 21.1 Å². The second-order valence-electron chi connectivity index (χ2n) is 2.71. The third-order valence-electron chi connectivity index (χ3n) is 1.71. The summed E-state index contributed by atoms with van der Waals surface area (Å²) in [7, 11) is 0. The molecule has 1 aromatic rings. The Balaban J connectivity index is 2.13. The summed E-state index contributed by atoms with van der Waals surface area (Å²) < 4.78 is 1.13. The van der Waals surface area contributed by atoms with Crippen LogP contribution in [0.15, 0.2) is 47.4 Å². The Kier molecular flexibility index (Phi) is 2.37. The monoisotopic (exact) mass is 205 g/mol. The summed E-state index contributed by atoms with van der Waals surface area (Å²) in [5, 5.41) is 0. The number of benzene rings is 1. The summed E-state index contributed by atoms with van der Waals surface area (Å²) in [6, 6.07) is 9.31. The molecule has 0 radical (unpaired) electrons. The van der Waals surface area contributed by atoms with Crippen LogP contribution in [0.25, 0.3) is 0 Å². The van der Waals surface area contributed by atoms with Crippen LogP contribution in [0.2, 0.25) is 0 Å². The van der Waals surface area contributed by atoms with Gasteiger partial charge in [-0.05, 0) is 24.1 Å². The topological polar surface area (TPSA) is 37.4 Å². The molecule has 0 aromatic heterocycles. The molecule has 3 nitrogen and oxygen atoms in total. The summed E-state index contributed by atoms with van der Waals surface area (Å²) in [6.45, 7) is 0. The molecular formula is C10H7NO2S. The van der Waals surface area contributed by atoms with Crippen LogP contribution in [-0.2, 0) is 9.59 Å². The zero-order valence-corrected chi connectivity index (χ0v) is 8.03. The van der Waals surface area contributed by atoms with Crippen LogP contribution in [0.4, 0.5) is 0 Å². The van der Waals surface area contributed by atoms with Gasteiger partial charge in [-0.15, -0.1) is 0 Å². The first-order valence-electron chi connectivity index (χ1n) is 4.06. The second-order valence-corrected chi connectivity index (χ2v) is 3.73.